The lowest BCUT2D eigenvalue weighted by atomic mass is 10.4. The van der Waals surface area contributed by atoms with Gasteiger partial charge >= 0.3 is 0 Å². The smallest absolute Gasteiger partial charge is 0.233 e. The molecule has 0 aromatic carbocycles. The summed E-state index contributed by atoms with van der Waals surface area (Å²) in [5, 5.41) is 14.4. The zero-order chi connectivity index (χ0) is 15.7. The van der Waals surface area contributed by atoms with Crippen molar-refractivity contribution in [2.24, 2.45) is 0 Å². The number of amides is 1. The number of nitrogens with zero attached hydrogens (tertiary/aromatic N) is 4. The molecule has 0 spiro atoms. The second-order valence-corrected chi connectivity index (χ2v) is 5.40. The molecular weight excluding hydrogens is 298 g/mol. The van der Waals surface area contributed by atoms with Crippen molar-refractivity contribution in [2.45, 2.75) is 30.2 Å². The van der Waals surface area contributed by atoms with E-state index in [0.29, 0.717) is 24.9 Å². The molecule has 1 N–H and O–H groups in total. The molecule has 1 unspecified atom stereocenters. The molecular formula is C11H21N5O4S. The van der Waals surface area contributed by atoms with Gasteiger partial charge in [-0.15, -0.1) is 5.10 Å². The summed E-state index contributed by atoms with van der Waals surface area (Å²) in [6.45, 7) is 3.08. The highest BCUT2D eigenvalue weighted by Crippen LogP contribution is 2.20. The predicted molar refractivity (Wildman–Crippen MR) is 75.8 cm³/mol. The van der Waals surface area contributed by atoms with E-state index < -0.39 is 6.29 Å². The number of ether oxygens (including phenoxy) is 3. The van der Waals surface area contributed by atoms with Gasteiger partial charge in [-0.1, -0.05) is 11.8 Å². The van der Waals surface area contributed by atoms with Crippen molar-refractivity contribution in [3.8, 4) is 0 Å². The second kappa shape index (κ2) is 9.66. The molecule has 21 heavy (non-hydrogen) atoms. The molecule has 1 heterocycles. The van der Waals surface area contributed by atoms with E-state index in [1.54, 1.807) is 18.7 Å². The van der Waals surface area contributed by atoms with E-state index in [1.165, 1.54) is 26.0 Å². The summed E-state index contributed by atoms with van der Waals surface area (Å²) in [4.78, 5) is 11.9. The number of tetrazole rings is 1. The van der Waals surface area contributed by atoms with Gasteiger partial charge in [0.1, 0.15) is 0 Å². The Labute approximate surface area is 127 Å². The zero-order valence-corrected chi connectivity index (χ0v) is 13.4. The number of carbonyl (C=O) groups is 1. The van der Waals surface area contributed by atoms with Crippen LogP contribution < -0.4 is 5.32 Å². The third kappa shape index (κ3) is 5.96. The van der Waals surface area contributed by atoms with Crippen LogP contribution in [0.15, 0.2) is 5.16 Å². The maximum atomic E-state index is 11.9. The van der Waals surface area contributed by atoms with Gasteiger partial charge in [-0.2, -0.15) is 0 Å². The van der Waals surface area contributed by atoms with E-state index in [4.69, 9.17) is 14.2 Å². The zero-order valence-electron chi connectivity index (χ0n) is 12.6. The molecule has 10 heteroatoms. The molecule has 0 aliphatic carbocycles. The Morgan fingerprint density at radius 2 is 2.10 bits per heavy atom. The van der Waals surface area contributed by atoms with Gasteiger partial charge in [0.25, 0.3) is 0 Å². The molecule has 1 aromatic rings. The van der Waals surface area contributed by atoms with Gasteiger partial charge in [0.2, 0.25) is 11.1 Å². The van der Waals surface area contributed by atoms with Gasteiger partial charge in [-0.05, 0) is 17.4 Å². The monoisotopic (exact) mass is 319 g/mol. The minimum Gasteiger partial charge on any atom is -0.383 e. The van der Waals surface area contributed by atoms with Gasteiger partial charge in [-0.3, -0.25) is 4.79 Å². The minimum atomic E-state index is -0.446. The number of methoxy groups -OCH3 is 3. The summed E-state index contributed by atoms with van der Waals surface area (Å²) in [5.74, 6) is -0.0957. The maximum absolute atomic E-state index is 11.9. The fourth-order valence-corrected chi connectivity index (χ4v) is 2.24. The third-order valence-corrected chi connectivity index (χ3v) is 3.67. The molecule has 1 aromatic heterocycles. The number of thioether (sulfide) groups is 1. The molecule has 0 fully saturated rings. The highest BCUT2D eigenvalue weighted by molar-refractivity contribution is 8.00. The van der Waals surface area contributed by atoms with Crippen LogP contribution in [0.3, 0.4) is 0 Å². The number of rotatable bonds is 10. The van der Waals surface area contributed by atoms with Crippen LogP contribution in [-0.2, 0) is 25.5 Å². The lowest BCUT2D eigenvalue weighted by molar-refractivity contribution is -0.120. The fraction of sp³-hybridized carbons (Fsp3) is 0.818. The normalized spacial score (nSPS) is 12.6. The van der Waals surface area contributed by atoms with Crippen molar-refractivity contribution in [3.05, 3.63) is 0 Å². The summed E-state index contributed by atoms with van der Waals surface area (Å²) in [6, 6.07) is 0. The van der Waals surface area contributed by atoms with Gasteiger partial charge < -0.3 is 19.5 Å². The van der Waals surface area contributed by atoms with E-state index >= 15 is 0 Å². The molecule has 1 amide bonds. The van der Waals surface area contributed by atoms with E-state index in [1.807, 2.05) is 0 Å². The predicted octanol–water partition coefficient (Wildman–Crippen LogP) is -0.465. The van der Waals surface area contributed by atoms with Crippen LogP contribution >= 0.6 is 11.8 Å². The van der Waals surface area contributed by atoms with E-state index in [0.717, 1.165) is 0 Å². The lowest BCUT2D eigenvalue weighted by Gasteiger charge is -2.15. The maximum Gasteiger partial charge on any atom is 0.233 e. The van der Waals surface area contributed by atoms with Crippen molar-refractivity contribution in [2.75, 3.05) is 34.5 Å². The highest BCUT2D eigenvalue weighted by Gasteiger charge is 2.19. The standard InChI is InChI=1S/C11H21N5O4S/c1-8(10(17)12-5-6-18-2)21-11-13-14-15-16(11)7-9(19-3)20-4/h8-9H,5-7H2,1-4H3,(H,12,17). The molecule has 1 rings (SSSR count). The van der Waals surface area contributed by atoms with Gasteiger partial charge in [0.05, 0.1) is 18.4 Å². The SMILES string of the molecule is COCCNC(=O)C(C)Sc1nnnn1CC(OC)OC. The van der Waals surface area contributed by atoms with E-state index in [9.17, 15) is 4.79 Å². The summed E-state index contributed by atoms with van der Waals surface area (Å²) < 4.78 is 16.6. The van der Waals surface area contributed by atoms with Crippen LogP contribution in [0.25, 0.3) is 0 Å². The topological polar surface area (TPSA) is 100 Å². The molecule has 0 radical (unpaired) electrons. The largest absolute Gasteiger partial charge is 0.383 e. The molecule has 0 aliphatic heterocycles. The fourth-order valence-electron chi connectivity index (χ4n) is 1.41. The van der Waals surface area contributed by atoms with Gasteiger partial charge in [0, 0.05) is 27.9 Å². The Hall–Kier alpha value is -1.23. The average molecular weight is 319 g/mol. The molecule has 0 aliphatic rings. The molecule has 0 bridgehead atoms. The molecule has 120 valence electrons. The first-order chi connectivity index (χ1) is 10.1. The number of hydrogen-bond donors (Lipinski definition) is 1. The summed E-state index contributed by atoms with van der Waals surface area (Å²) in [7, 11) is 4.66. The van der Waals surface area contributed by atoms with Crippen molar-refractivity contribution in [3.63, 3.8) is 0 Å². The van der Waals surface area contributed by atoms with Crippen molar-refractivity contribution < 1.29 is 19.0 Å². The number of hydrogen-bond acceptors (Lipinski definition) is 8. The summed E-state index contributed by atoms with van der Waals surface area (Å²) in [6.07, 6.45) is -0.446. The first-order valence-corrected chi connectivity index (χ1v) is 7.25. The Morgan fingerprint density at radius 1 is 1.38 bits per heavy atom. The van der Waals surface area contributed by atoms with Crippen molar-refractivity contribution >= 4 is 17.7 Å². The average Bonchev–Trinajstić information content (AvgIpc) is 2.91. The van der Waals surface area contributed by atoms with Crippen LogP contribution in [-0.4, -0.2) is 72.1 Å². The van der Waals surface area contributed by atoms with Crippen LogP contribution in [0.2, 0.25) is 0 Å². The first-order valence-electron chi connectivity index (χ1n) is 6.37. The molecule has 1 atom stereocenters. The molecule has 0 saturated heterocycles. The van der Waals surface area contributed by atoms with Crippen LogP contribution in [0, 0.1) is 0 Å². The Bertz CT molecular complexity index is 427. The second-order valence-electron chi connectivity index (χ2n) is 4.09. The van der Waals surface area contributed by atoms with Gasteiger partial charge in [0.15, 0.2) is 6.29 Å². The molecule has 0 saturated carbocycles. The Kier molecular flexibility index (Phi) is 8.20. The quantitative estimate of drug-likeness (QED) is 0.351. The van der Waals surface area contributed by atoms with Crippen LogP contribution in [0.1, 0.15) is 6.92 Å². The number of aromatic nitrogens is 4. The Morgan fingerprint density at radius 3 is 2.71 bits per heavy atom. The number of carbonyl (C=O) groups excluding carboxylic acids is 1. The first kappa shape index (κ1) is 17.8. The van der Waals surface area contributed by atoms with Gasteiger partial charge in [-0.25, -0.2) is 4.68 Å². The van der Waals surface area contributed by atoms with Crippen LogP contribution in [0.4, 0.5) is 0 Å². The third-order valence-electron chi connectivity index (χ3n) is 2.60. The number of nitrogens with one attached hydrogen (secondary N) is 1. The summed E-state index contributed by atoms with van der Waals surface area (Å²) in [5.41, 5.74) is 0. The van der Waals surface area contributed by atoms with E-state index in [-0.39, 0.29) is 11.2 Å². The minimum absolute atomic E-state index is 0.0957. The van der Waals surface area contributed by atoms with Crippen molar-refractivity contribution in [1.82, 2.24) is 25.5 Å². The Balaban J connectivity index is 2.54. The summed E-state index contributed by atoms with van der Waals surface area (Å²) >= 11 is 1.27. The highest BCUT2D eigenvalue weighted by atomic mass is 32.2. The lowest BCUT2D eigenvalue weighted by Crippen LogP contribution is -2.33. The van der Waals surface area contributed by atoms with Crippen LogP contribution in [0.5, 0.6) is 0 Å². The van der Waals surface area contributed by atoms with Crippen molar-refractivity contribution in [1.29, 1.82) is 0 Å². The molecule has 9 nitrogen and oxygen atoms in total. The van der Waals surface area contributed by atoms with E-state index in [2.05, 4.69) is 20.8 Å².